The van der Waals surface area contributed by atoms with Crippen molar-refractivity contribution in [2.75, 3.05) is 12.4 Å². The van der Waals surface area contributed by atoms with Crippen molar-refractivity contribution in [2.45, 2.75) is 19.5 Å². The highest BCUT2D eigenvalue weighted by Crippen LogP contribution is 2.38. The fraction of sp³-hybridized carbons (Fsp3) is 0.118. The number of Topliss-reactive ketones (excluding diaryl/α,β-unsaturated/α-hetero) is 1. The molecular formula is C34H23F4N3O4S. The third-order valence-electron chi connectivity index (χ3n) is 7.32. The Hall–Kier alpha value is -5.36. The van der Waals surface area contributed by atoms with Gasteiger partial charge in [0.25, 0.3) is 11.2 Å². The largest absolute Gasteiger partial charge is 0.496 e. The Morgan fingerprint density at radius 2 is 1.65 bits per heavy atom. The fourth-order valence-electron chi connectivity index (χ4n) is 5.16. The molecular weight excluding hydrogens is 622 g/mol. The maximum Gasteiger partial charge on any atom is 0.418 e. The van der Waals surface area contributed by atoms with Gasteiger partial charge in [0.1, 0.15) is 22.1 Å². The number of ketones is 1. The van der Waals surface area contributed by atoms with Crippen LogP contribution in [0.5, 0.6) is 17.2 Å². The Balaban J connectivity index is 1.29. The molecule has 0 saturated carbocycles. The molecule has 0 fully saturated rings. The van der Waals surface area contributed by atoms with Gasteiger partial charge in [0.05, 0.1) is 30.1 Å². The molecule has 1 N–H and O–H groups in total. The number of halogens is 4. The van der Waals surface area contributed by atoms with Crippen LogP contribution in [0.2, 0.25) is 0 Å². The molecule has 232 valence electrons. The highest BCUT2D eigenvalue weighted by atomic mass is 32.1. The number of carbonyl (C=O) groups excluding carboxylic acids is 2. The maximum absolute atomic E-state index is 14.0. The molecule has 2 heterocycles. The zero-order valence-electron chi connectivity index (χ0n) is 24.2. The summed E-state index contributed by atoms with van der Waals surface area (Å²) in [5, 5.41) is 3.20. The van der Waals surface area contributed by atoms with Crippen molar-refractivity contribution in [3.05, 3.63) is 118 Å². The second-order valence-electron chi connectivity index (χ2n) is 10.3. The van der Waals surface area contributed by atoms with Crippen LogP contribution < -0.4 is 14.8 Å². The number of nitrogens with zero attached hydrogens (tertiary/aromatic N) is 2. The number of rotatable bonds is 8. The lowest BCUT2D eigenvalue weighted by Crippen LogP contribution is -2.16. The van der Waals surface area contributed by atoms with Gasteiger partial charge >= 0.3 is 6.18 Å². The van der Waals surface area contributed by atoms with E-state index in [-0.39, 0.29) is 16.9 Å². The van der Waals surface area contributed by atoms with Gasteiger partial charge in [-0.25, -0.2) is 4.98 Å². The number of aryl methyl sites for hydroxylation is 1. The second kappa shape index (κ2) is 12.2. The molecule has 0 aliphatic carbocycles. The number of thiazole rings is 1. The zero-order valence-corrected chi connectivity index (χ0v) is 25.1. The molecule has 0 atom stereocenters. The number of ether oxygens (including phenoxy) is 2. The third kappa shape index (κ3) is 6.11. The smallest absolute Gasteiger partial charge is 0.418 e. The number of hydrogen-bond donors (Lipinski definition) is 1. The first-order chi connectivity index (χ1) is 22.0. The second-order valence-corrected chi connectivity index (χ2v) is 11.3. The summed E-state index contributed by atoms with van der Waals surface area (Å²) >= 11 is 0.409. The molecule has 1 amide bonds. The van der Waals surface area contributed by atoms with Crippen molar-refractivity contribution >= 4 is 50.4 Å². The van der Waals surface area contributed by atoms with E-state index < -0.39 is 34.4 Å². The molecule has 0 aliphatic rings. The fourth-order valence-corrected chi connectivity index (χ4v) is 5.70. The Morgan fingerprint density at radius 1 is 0.891 bits per heavy atom. The molecule has 0 saturated heterocycles. The molecule has 4 aromatic carbocycles. The van der Waals surface area contributed by atoms with Gasteiger partial charge in [0.15, 0.2) is 5.78 Å². The first-order valence-corrected chi connectivity index (χ1v) is 14.6. The first-order valence-electron chi connectivity index (χ1n) is 13.8. The number of anilines is 1. The minimum absolute atomic E-state index is 0.0936. The molecule has 0 unspecified atom stereocenters. The molecule has 0 aliphatic heterocycles. The van der Waals surface area contributed by atoms with Gasteiger partial charge < -0.3 is 14.8 Å². The van der Waals surface area contributed by atoms with Gasteiger partial charge in [-0.05, 0) is 59.8 Å². The lowest BCUT2D eigenvalue weighted by atomic mass is 9.96. The van der Waals surface area contributed by atoms with E-state index in [9.17, 15) is 27.2 Å². The summed E-state index contributed by atoms with van der Waals surface area (Å²) in [4.78, 5) is 33.5. The van der Waals surface area contributed by atoms with E-state index in [0.29, 0.717) is 50.4 Å². The van der Waals surface area contributed by atoms with Crippen molar-refractivity contribution in [2.24, 2.45) is 0 Å². The number of methoxy groups -OCH3 is 1. The van der Waals surface area contributed by atoms with Gasteiger partial charge in [-0.15, -0.1) is 0 Å². The Labute approximate surface area is 263 Å². The summed E-state index contributed by atoms with van der Waals surface area (Å²) < 4.78 is 67.1. The van der Waals surface area contributed by atoms with Crippen molar-refractivity contribution in [3.63, 3.8) is 0 Å². The lowest BCUT2D eigenvalue weighted by molar-refractivity contribution is -0.137. The van der Waals surface area contributed by atoms with Crippen LogP contribution in [-0.2, 0) is 12.6 Å². The quantitative estimate of drug-likeness (QED) is 0.131. The number of fused-ring (bicyclic) bond motifs is 2. The van der Waals surface area contributed by atoms with Gasteiger partial charge in [0.2, 0.25) is 0 Å². The van der Waals surface area contributed by atoms with Crippen LogP contribution in [0.15, 0.2) is 85.2 Å². The number of alkyl halides is 3. The van der Waals surface area contributed by atoms with Gasteiger partial charge in [-0.2, -0.15) is 17.6 Å². The van der Waals surface area contributed by atoms with Crippen LogP contribution in [0.3, 0.4) is 0 Å². The van der Waals surface area contributed by atoms with Crippen LogP contribution in [0.25, 0.3) is 21.7 Å². The van der Waals surface area contributed by atoms with Crippen LogP contribution in [0.1, 0.15) is 36.7 Å². The minimum Gasteiger partial charge on any atom is -0.496 e. The van der Waals surface area contributed by atoms with E-state index in [1.165, 1.54) is 6.07 Å². The number of carbonyl (C=O) groups is 2. The van der Waals surface area contributed by atoms with E-state index in [0.717, 1.165) is 29.3 Å². The lowest BCUT2D eigenvalue weighted by Gasteiger charge is -2.16. The summed E-state index contributed by atoms with van der Waals surface area (Å²) in [7, 11) is 1.58. The number of nitrogens with one attached hydrogen (secondary N) is 1. The first kappa shape index (κ1) is 30.7. The van der Waals surface area contributed by atoms with Crippen molar-refractivity contribution < 1.29 is 36.6 Å². The van der Waals surface area contributed by atoms with Gasteiger partial charge in [-0.3, -0.25) is 14.6 Å². The van der Waals surface area contributed by atoms with E-state index in [2.05, 4.69) is 15.3 Å². The number of benzene rings is 4. The van der Waals surface area contributed by atoms with Gasteiger partial charge in [-0.1, -0.05) is 47.7 Å². The van der Waals surface area contributed by atoms with E-state index in [1.54, 1.807) is 55.8 Å². The number of amides is 1. The summed E-state index contributed by atoms with van der Waals surface area (Å²) in [6.45, 7) is 1.92. The number of hydrogen-bond acceptors (Lipinski definition) is 7. The third-order valence-corrected chi connectivity index (χ3v) is 8.11. The maximum atomic E-state index is 14.0. The molecule has 7 nitrogen and oxygen atoms in total. The molecule has 46 heavy (non-hydrogen) atoms. The molecule has 0 bridgehead atoms. The normalized spacial score (nSPS) is 11.5. The molecule has 6 rings (SSSR count). The SMILES string of the molecule is COc1cc2c(Oc3cccc4c(C(=O)Cc5ccc(NC(=O)c6cnc(F)s6)c(C(F)(F)F)c5)cccc34)ccnc2cc1C. The van der Waals surface area contributed by atoms with Crippen LogP contribution in [0, 0.1) is 12.2 Å². The number of aromatic nitrogens is 2. The van der Waals surface area contributed by atoms with Crippen LogP contribution >= 0.6 is 11.3 Å². The minimum atomic E-state index is -4.84. The summed E-state index contributed by atoms with van der Waals surface area (Å²) in [6.07, 6.45) is -2.61. The molecule has 2 aromatic heterocycles. The van der Waals surface area contributed by atoms with Crippen molar-refractivity contribution in [3.8, 4) is 17.2 Å². The summed E-state index contributed by atoms with van der Waals surface area (Å²) in [5.41, 5.74) is 0.372. The van der Waals surface area contributed by atoms with Gasteiger partial charge in [0, 0.05) is 29.0 Å². The molecule has 0 spiro atoms. The average Bonchev–Trinajstić information content (AvgIpc) is 3.47. The van der Waals surface area contributed by atoms with Crippen LogP contribution in [0.4, 0.5) is 23.2 Å². The highest BCUT2D eigenvalue weighted by Gasteiger charge is 2.34. The topological polar surface area (TPSA) is 90.4 Å². The Morgan fingerprint density at radius 3 is 2.39 bits per heavy atom. The summed E-state index contributed by atoms with van der Waals surface area (Å²) in [6, 6.07) is 19.0. The van der Waals surface area contributed by atoms with E-state index in [1.807, 2.05) is 19.1 Å². The average molecular weight is 646 g/mol. The number of pyridine rings is 1. The predicted molar refractivity (Wildman–Crippen MR) is 167 cm³/mol. The molecule has 6 aromatic rings. The Bertz CT molecular complexity index is 2150. The zero-order chi connectivity index (χ0) is 32.6. The van der Waals surface area contributed by atoms with Crippen molar-refractivity contribution in [1.82, 2.24) is 9.97 Å². The molecule has 12 heteroatoms. The van der Waals surface area contributed by atoms with Crippen molar-refractivity contribution in [1.29, 1.82) is 0 Å². The summed E-state index contributed by atoms with van der Waals surface area (Å²) in [5.74, 6) is 0.329. The van der Waals surface area contributed by atoms with E-state index >= 15 is 0 Å². The van der Waals surface area contributed by atoms with E-state index in [4.69, 9.17) is 9.47 Å². The van der Waals surface area contributed by atoms with Crippen LogP contribution in [-0.4, -0.2) is 28.8 Å². The molecule has 0 radical (unpaired) electrons. The monoisotopic (exact) mass is 645 g/mol. The standard InChI is InChI=1S/C34H23F4N3O4S/c1-18-13-26-23(16-30(18)44-2)29(11-12-39-26)45-28-8-4-5-20-21(6-3-7-22(20)28)27(42)15-19-9-10-25(24(14-19)34(36,37)38)41-32(43)31-17-40-33(35)46-31/h3-14,16-17H,15H2,1-2H3,(H,41,43). The Kier molecular flexibility index (Phi) is 8.13. The highest BCUT2D eigenvalue weighted by molar-refractivity contribution is 7.12. The predicted octanol–water partition coefficient (Wildman–Crippen LogP) is 8.79.